The number of aromatic nitrogens is 3. The molecule has 7 nitrogen and oxygen atoms in total. The molecule has 0 radical (unpaired) electrons. The van der Waals surface area contributed by atoms with E-state index in [9.17, 15) is 13.6 Å². The number of amides is 1. The minimum Gasteiger partial charge on any atom is -0.396 e. The summed E-state index contributed by atoms with van der Waals surface area (Å²) in [5.41, 5.74) is 4.47. The minimum absolute atomic E-state index is 0. The van der Waals surface area contributed by atoms with E-state index in [1.165, 1.54) is 11.0 Å². The lowest BCUT2D eigenvalue weighted by Crippen LogP contribution is -2.44. The Hall–Kier alpha value is -2.26. The Kier molecular flexibility index (Phi) is 4.57. The average Bonchev–Trinajstić information content (AvgIpc) is 2.86. The fourth-order valence-corrected chi connectivity index (χ4v) is 1.85. The Morgan fingerprint density at radius 1 is 1.41 bits per heavy atom. The van der Waals surface area contributed by atoms with E-state index in [4.69, 9.17) is 5.73 Å². The topological polar surface area (TPSA) is 97.9 Å². The minimum atomic E-state index is -1.01. The molecule has 1 fully saturated rings. The van der Waals surface area contributed by atoms with E-state index in [2.05, 4.69) is 20.8 Å². The van der Waals surface area contributed by atoms with E-state index in [1.54, 1.807) is 0 Å². The first kappa shape index (κ1) is 16.1. The largest absolute Gasteiger partial charge is 0.396 e. The molecule has 2 heterocycles. The molecule has 1 aliphatic rings. The highest BCUT2D eigenvalue weighted by molar-refractivity contribution is 6.03. The van der Waals surface area contributed by atoms with Crippen molar-refractivity contribution in [1.82, 2.24) is 20.3 Å². The molecular formula is C12H13ClF2N6O. The average molecular weight is 331 g/mol. The van der Waals surface area contributed by atoms with Gasteiger partial charge in [0.05, 0.1) is 17.9 Å². The van der Waals surface area contributed by atoms with Gasteiger partial charge in [0.2, 0.25) is 0 Å². The summed E-state index contributed by atoms with van der Waals surface area (Å²) in [6, 6.07) is 2.15. The van der Waals surface area contributed by atoms with Crippen molar-refractivity contribution in [3.63, 3.8) is 0 Å². The molecule has 0 unspecified atom stereocenters. The first-order valence-electron chi connectivity index (χ1n) is 6.23. The molecular weight excluding hydrogens is 318 g/mol. The summed E-state index contributed by atoms with van der Waals surface area (Å²) in [6.07, 6.45) is 1.25. The monoisotopic (exact) mass is 330 g/mol. The van der Waals surface area contributed by atoms with E-state index in [-0.39, 0.29) is 29.8 Å². The van der Waals surface area contributed by atoms with Crippen LogP contribution < -0.4 is 16.4 Å². The molecule has 4 N–H and O–H groups in total. The van der Waals surface area contributed by atoms with Gasteiger partial charge in [0.1, 0.15) is 11.5 Å². The Morgan fingerprint density at radius 3 is 2.77 bits per heavy atom. The van der Waals surface area contributed by atoms with Crippen molar-refractivity contribution in [3.8, 4) is 0 Å². The molecule has 1 aromatic heterocycles. The summed E-state index contributed by atoms with van der Waals surface area (Å²) in [5.74, 6) is -2.68. The number of halogens is 3. The van der Waals surface area contributed by atoms with Crippen molar-refractivity contribution in [2.75, 3.05) is 24.1 Å². The predicted molar refractivity (Wildman–Crippen MR) is 77.9 cm³/mol. The third-order valence-electron chi connectivity index (χ3n) is 3.19. The Morgan fingerprint density at radius 2 is 2.14 bits per heavy atom. The highest BCUT2D eigenvalue weighted by atomic mass is 35.5. The number of nitrogens with one attached hydrogen (secondary N) is 2. The maximum atomic E-state index is 13.7. The normalized spacial score (nSPS) is 14.1. The van der Waals surface area contributed by atoms with Crippen molar-refractivity contribution in [2.45, 2.75) is 6.04 Å². The first-order valence-corrected chi connectivity index (χ1v) is 6.23. The maximum absolute atomic E-state index is 13.7. The van der Waals surface area contributed by atoms with E-state index in [0.717, 1.165) is 12.1 Å². The number of carbonyl (C=O) groups excluding carboxylic acids is 1. The fourth-order valence-electron chi connectivity index (χ4n) is 1.85. The molecule has 0 spiro atoms. The zero-order valence-corrected chi connectivity index (χ0v) is 12.0. The Bertz CT molecular complexity index is 703. The summed E-state index contributed by atoms with van der Waals surface area (Å²) >= 11 is 0. The highest BCUT2D eigenvalue weighted by Crippen LogP contribution is 2.24. The van der Waals surface area contributed by atoms with Crippen molar-refractivity contribution < 1.29 is 13.6 Å². The lowest BCUT2D eigenvalue weighted by molar-refractivity contribution is 0.101. The lowest BCUT2D eigenvalue weighted by atomic mass is 10.2. The highest BCUT2D eigenvalue weighted by Gasteiger charge is 2.23. The zero-order chi connectivity index (χ0) is 15.0. The third kappa shape index (κ3) is 2.85. The summed E-state index contributed by atoms with van der Waals surface area (Å²) in [5, 5.41) is 13.1. The second kappa shape index (κ2) is 6.24. The van der Waals surface area contributed by atoms with Gasteiger partial charge in [-0.1, -0.05) is 0 Å². The molecule has 1 aromatic carbocycles. The third-order valence-corrected chi connectivity index (χ3v) is 3.19. The SMILES string of the molecule is Cl.Nc1ccc(F)c(NC(=O)c2cnn(C3CNC3)n2)c1F. The predicted octanol–water partition coefficient (Wildman–Crippen LogP) is 0.957. The molecule has 1 saturated heterocycles. The lowest BCUT2D eigenvalue weighted by Gasteiger charge is -2.25. The summed E-state index contributed by atoms with van der Waals surface area (Å²) in [6.45, 7) is 1.43. The standard InChI is InChI=1S/C12H12F2N6O.ClH/c13-7-1-2-8(15)10(14)11(7)18-12(21)9-5-17-20(19-9)6-3-16-4-6;/h1-2,5-6,16H,3-4,15H2,(H,18,21);1H. The van der Waals surface area contributed by atoms with Gasteiger partial charge in [-0.05, 0) is 12.1 Å². The van der Waals surface area contributed by atoms with E-state index in [1.807, 2.05) is 0 Å². The van der Waals surface area contributed by atoms with Gasteiger partial charge in [0.15, 0.2) is 11.5 Å². The van der Waals surface area contributed by atoms with Gasteiger partial charge in [-0.25, -0.2) is 8.78 Å². The van der Waals surface area contributed by atoms with Crippen LogP contribution in [0.4, 0.5) is 20.2 Å². The number of nitrogen functional groups attached to an aromatic ring is 1. The number of benzene rings is 1. The molecule has 118 valence electrons. The van der Waals surface area contributed by atoms with Crippen LogP contribution in [-0.2, 0) is 0 Å². The van der Waals surface area contributed by atoms with Crippen LogP contribution in [0.15, 0.2) is 18.3 Å². The fraction of sp³-hybridized carbons (Fsp3) is 0.250. The van der Waals surface area contributed by atoms with E-state index < -0.39 is 23.2 Å². The van der Waals surface area contributed by atoms with Crippen molar-refractivity contribution in [2.24, 2.45) is 0 Å². The molecule has 1 aliphatic heterocycles. The first-order chi connectivity index (χ1) is 10.1. The van der Waals surface area contributed by atoms with Gasteiger partial charge in [-0.3, -0.25) is 4.79 Å². The van der Waals surface area contributed by atoms with Gasteiger partial charge in [-0.15, -0.1) is 17.5 Å². The van der Waals surface area contributed by atoms with Crippen LogP contribution in [0.2, 0.25) is 0 Å². The van der Waals surface area contributed by atoms with E-state index >= 15 is 0 Å². The van der Waals surface area contributed by atoms with Gasteiger partial charge >= 0.3 is 0 Å². The second-order valence-electron chi connectivity index (χ2n) is 4.64. The van der Waals surface area contributed by atoms with Gasteiger partial charge in [-0.2, -0.15) is 9.90 Å². The molecule has 3 rings (SSSR count). The molecule has 10 heteroatoms. The Balaban J connectivity index is 0.00000176. The number of nitrogens with two attached hydrogens (primary N) is 1. The van der Waals surface area contributed by atoms with Gasteiger partial charge in [0.25, 0.3) is 5.91 Å². The summed E-state index contributed by atoms with van der Waals surface area (Å²) < 4.78 is 27.3. The Labute approximate surface area is 130 Å². The smallest absolute Gasteiger partial charge is 0.278 e. The van der Waals surface area contributed by atoms with Crippen LogP contribution in [0.3, 0.4) is 0 Å². The number of anilines is 2. The van der Waals surface area contributed by atoms with Crippen molar-refractivity contribution in [3.05, 3.63) is 35.7 Å². The molecule has 0 atom stereocenters. The van der Waals surface area contributed by atoms with Crippen LogP contribution in [0.5, 0.6) is 0 Å². The molecule has 0 saturated carbocycles. The maximum Gasteiger partial charge on any atom is 0.278 e. The molecule has 2 aromatic rings. The quantitative estimate of drug-likeness (QED) is 0.728. The number of nitrogens with zero attached hydrogens (tertiary/aromatic N) is 3. The molecule has 1 amide bonds. The van der Waals surface area contributed by atoms with Crippen molar-refractivity contribution >= 4 is 29.7 Å². The molecule has 0 bridgehead atoms. The summed E-state index contributed by atoms with van der Waals surface area (Å²) in [4.78, 5) is 13.4. The van der Waals surface area contributed by atoms with Gasteiger partial charge < -0.3 is 16.4 Å². The number of hydrogen-bond donors (Lipinski definition) is 3. The van der Waals surface area contributed by atoms with Crippen LogP contribution in [0.25, 0.3) is 0 Å². The van der Waals surface area contributed by atoms with Crippen molar-refractivity contribution in [1.29, 1.82) is 0 Å². The number of rotatable bonds is 3. The molecule has 22 heavy (non-hydrogen) atoms. The second-order valence-corrected chi connectivity index (χ2v) is 4.64. The van der Waals surface area contributed by atoms with Crippen LogP contribution >= 0.6 is 12.4 Å². The zero-order valence-electron chi connectivity index (χ0n) is 11.2. The van der Waals surface area contributed by atoms with Crippen LogP contribution in [-0.4, -0.2) is 34.0 Å². The van der Waals surface area contributed by atoms with Crippen LogP contribution in [0, 0.1) is 11.6 Å². The molecule has 0 aliphatic carbocycles. The van der Waals surface area contributed by atoms with Gasteiger partial charge in [0, 0.05) is 13.1 Å². The number of carbonyl (C=O) groups is 1. The van der Waals surface area contributed by atoms with Crippen LogP contribution in [0.1, 0.15) is 16.5 Å². The number of hydrogen-bond acceptors (Lipinski definition) is 5. The van der Waals surface area contributed by atoms with E-state index in [0.29, 0.717) is 13.1 Å². The summed E-state index contributed by atoms with van der Waals surface area (Å²) in [7, 11) is 0.